The maximum atomic E-state index is 12.6. The van der Waals surface area contributed by atoms with Gasteiger partial charge in [-0.15, -0.1) is 0 Å². The van der Waals surface area contributed by atoms with Crippen LogP contribution in [-0.4, -0.2) is 71.6 Å². The smallest absolute Gasteiger partial charge is 0.273 e. The predicted octanol–water partition coefficient (Wildman–Crippen LogP) is 2.63. The molecule has 2 heterocycles. The summed E-state index contributed by atoms with van der Waals surface area (Å²) in [6.07, 6.45) is 1.41. The normalized spacial score (nSPS) is 16.2. The first-order valence-corrected chi connectivity index (χ1v) is 13.2. The number of benzene rings is 2. The Morgan fingerprint density at radius 2 is 1.87 bits per heavy atom. The van der Waals surface area contributed by atoms with Gasteiger partial charge in [0.2, 0.25) is 5.91 Å². The van der Waals surface area contributed by atoms with Crippen molar-refractivity contribution < 1.29 is 24.5 Å². The van der Waals surface area contributed by atoms with Gasteiger partial charge in [-0.25, -0.2) is 0 Å². The third-order valence-corrected chi connectivity index (χ3v) is 6.84. The molecule has 0 spiro atoms. The van der Waals surface area contributed by atoms with E-state index in [1.165, 1.54) is 0 Å². The summed E-state index contributed by atoms with van der Waals surface area (Å²) in [5.41, 5.74) is 4.00. The van der Waals surface area contributed by atoms with E-state index >= 15 is 0 Å². The number of anilines is 1. The Balaban J connectivity index is 0.00000195. The molecule has 2 aliphatic heterocycles. The number of likely N-dealkylation sites (N-methyl/N-ethyl adjacent to an activating group) is 1. The SMILES string of the molecule is C=C1c2cccc(NC(O)(O)c3ccccc3CN3CCOCC3)c2CN1C(CCC=O)C(=O)NC.CC. The van der Waals surface area contributed by atoms with Crippen LogP contribution in [0.5, 0.6) is 0 Å². The summed E-state index contributed by atoms with van der Waals surface area (Å²) in [6.45, 7) is 12.0. The van der Waals surface area contributed by atoms with Crippen LogP contribution in [0.15, 0.2) is 49.0 Å². The number of nitrogens with one attached hydrogen (secondary N) is 2. The quantitative estimate of drug-likeness (QED) is 0.277. The van der Waals surface area contributed by atoms with Crippen molar-refractivity contribution in [3.05, 3.63) is 71.3 Å². The first kappa shape index (κ1) is 29.3. The van der Waals surface area contributed by atoms with E-state index in [9.17, 15) is 19.8 Å². The Hall–Kier alpha value is -3.24. The number of amides is 1. The van der Waals surface area contributed by atoms with Crippen molar-refractivity contribution in [2.45, 2.75) is 51.7 Å². The lowest BCUT2D eigenvalue weighted by Gasteiger charge is -2.31. The number of ether oxygens (including phenoxy) is 1. The number of carbonyl (C=O) groups is 2. The average molecular weight is 525 g/mol. The van der Waals surface area contributed by atoms with E-state index in [1.807, 2.05) is 43.0 Å². The van der Waals surface area contributed by atoms with Crippen LogP contribution in [0.25, 0.3) is 5.70 Å². The minimum atomic E-state index is -2.33. The highest BCUT2D eigenvalue weighted by molar-refractivity contribution is 5.85. The Morgan fingerprint density at radius 3 is 2.55 bits per heavy atom. The second kappa shape index (κ2) is 13.5. The Kier molecular flexibility index (Phi) is 10.4. The van der Waals surface area contributed by atoms with E-state index in [-0.39, 0.29) is 12.3 Å². The van der Waals surface area contributed by atoms with Gasteiger partial charge in [0.15, 0.2) is 0 Å². The summed E-state index contributed by atoms with van der Waals surface area (Å²) in [6, 6.07) is 12.2. The van der Waals surface area contributed by atoms with Crippen LogP contribution in [0.1, 0.15) is 48.9 Å². The molecule has 38 heavy (non-hydrogen) atoms. The zero-order chi connectivity index (χ0) is 27.7. The lowest BCUT2D eigenvalue weighted by molar-refractivity contribution is -0.144. The number of carbonyl (C=O) groups excluding carboxylic acids is 2. The first-order chi connectivity index (χ1) is 18.4. The second-order valence-electron chi connectivity index (χ2n) is 9.12. The third-order valence-electron chi connectivity index (χ3n) is 6.84. The third kappa shape index (κ3) is 6.60. The van der Waals surface area contributed by atoms with Crippen molar-refractivity contribution in [1.82, 2.24) is 15.1 Å². The summed E-state index contributed by atoms with van der Waals surface area (Å²) in [7, 11) is 1.56. The summed E-state index contributed by atoms with van der Waals surface area (Å²) in [5, 5.41) is 28.0. The van der Waals surface area contributed by atoms with Gasteiger partial charge in [-0.3, -0.25) is 9.69 Å². The molecule has 0 saturated carbocycles. The second-order valence-corrected chi connectivity index (χ2v) is 9.12. The molecule has 2 aromatic carbocycles. The summed E-state index contributed by atoms with van der Waals surface area (Å²) < 4.78 is 5.43. The van der Waals surface area contributed by atoms with Gasteiger partial charge >= 0.3 is 0 Å². The highest BCUT2D eigenvalue weighted by atomic mass is 16.5. The summed E-state index contributed by atoms with van der Waals surface area (Å²) in [4.78, 5) is 27.7. The fourth-order valence-corrected chi connectivity index (χ4v) is 4.94. The molecule has 206 valence electrons. The van der Waals surface area contributed by atoms with Crippen molar-refractivity contribution in [1.29, 1.82) is 0 Å². The van der Waals surface area contributed by atoms with Gasteiger partial charge in [0.25, 0.3) is 5.91 Å². The molecule has 4 N–H and O–H groups in total. The van der Waals surface area contributed by atoms with E-state index in [0.717, 1.165) is 36.1 Å². The lowest BCUT2D eigenvalue weighted by Crippen LogP contribution is -2.43. The fraction of sp³-hybridized carbons (Fsp3) is 0.448. The zero-order valence-corrected chi connectivity index (χ0v) is 22.6. The maximum Gasteiger partial charge on any atom is 0.273 e. The minimum Gasteiger partial charge on any atom is -0.379 e. The standard InChI is InChI=1S/C27H34N4O5.C2H6/c1-19-21-8-5-10-24(22(21)18-31(19)25(11-6-14-32)26(33)28-2)29-27(34,35)23-9-4-3-7-20(23)17-30-12-15-36-16-13-30;1-2/h3-5,7-10,14,25,29,34-35H,1,6,11-13,15-18H2,2H3,(H,28,33);1-2H3. The van der Waals surface area contributed by atoms with Crippen LogP contribution in [0, 0.1) is 0 Å². The van der Waals surface area contributed by atoms with Gasteiger partial charge < -0.3 is 35.3 Å². The van der Waals surface area contributed by atoms with Crippen LogP contribution in [0.3, 0.4) is 0 Å². The maximum absolute atomic E-state index is 12.6. The van der Waals surface area contributed by atoms with Gasteiger partial charge in [-0.1, -0.05) is 56.8 Å². The highest BCUT2D eigenvalue weighted by Gasteiger charge is 2.36. The van der Waals surface area contributed by atoms with Crippen molar-refractivity contribution in [3.63, 3.8) is 0 Å². The van der Waals surface area contributed by atoms with Gasteiger partial charge in [0.1, 0.15) is 12.3 Å². The number of hydrogen-bond donors (Lipinski definition) is 4. The van der Waals surface area contributed by atoms with Gasteiger partial charge in [0, 0.05) is 67.7 Å². The molecule has 9 nitrogen and oxygen atoms in total. The Bertz CT molecular complexity index is 1110. The Labute approximate surface area is 225 Å². The topological polar surface area (TPSA) is 114 Å². The van der Waals surface area contributed by atoms with E-state index in [4.69, 9.17) is 4.74 Å². The molecule has 2 aromatic rings. The van der Waals surface area contributed by atoms with Crippen LogP contribution < -0.4 is 10.6 Å². The monoisotopic (exact) mass is 524 g/mol. The molecular formula is C29H40N4O5. The molecule has 1 atom stereocenters. The summed E-state index contributed by atoms with van der Waals surface area (Å²) in [5.74, 6) is -2.53. The molecule has 2 aliphatic rings. The molecule has 4 rings (SSSR count). The van der Waals surface area contributed by atoms with Crippen molar-refractivity contribution in [2.75, 3.05) is 38.7 Å². The van der Waals surface area contributed by atoms with E-state index in [1.54, 1.807) is 25.2 Å². The van der Waals surface area contributed by atoms with Gasteiger partial charge in [-0.05, 0) is 18.1 Å². The number of hydrogen-bond acceptors (Lipinski definition) is 8. The number of rotatable bonds is 10. The minimum absolute atomic E-state index is 0.198. The number of morpholine rings is 1. The van der Waals surface area contributed by atoms with E-state index in [2.05, 4.69) is 22.1 Å². The number of aldehydes is 1. The van der Waals surface area contributed by atoms with Crippen molar-refractivity contribution in [2.24, 2.45) is 0 Å². The van der Waals surface area contributed by atoms with Crippen LogP contribution in [0.4, 0.5) is 5.69 Å². The molecular weight excluding hydrogens is 484 g/mol. The van der Waals surface area contributed by atoms with E-state index in [0.29, 0.717) is 49.7 Å². The van der Waals surface area contributed by atoms with Gasteiger partial charge in [0.05, 0.1) is 13.2 Å². The van der Waals surface area contributed by atoms with Crippen LogP contribution in [0.2, 0.25) is 0 Å². The van der Waals surface area contributed by atoms with Crippen LogP contribution >= 0.6 is 0 Å². The van der Waals surface area contributed by atoms with Crippen LogP contribution in [-0.2, 0) is 33.3 Å². The fourth-order valence-electron chi connectivity index (χ4n) is 4.94. The number of aliphatic hydroxyl groups is 2. The molecule has 1 fully saturated rings. The number of fused-ring (bicyclic) bond motifs is 1. The first-order valence-electron chi connectivity index (χ1n) is 13.2. The predicted molar refractivity (Wildman–Crippen MR) is 148 cm³/mol. The lowest BCUT2D eigenvalue weighted by atomic mass is 10.0. The van der Waals surface area contributed by atoms with Gasteiger partial charge in [-0.2, -0.15) is 0 Å². The largest absolute Gasteiger partial charge is 0.379 e. The van der Waals surface area contributed by atoms with E-state index < -0.39 is 12.0 Å². The molecule has 1 unspecified atom stereocenters. The zero-order valence-electron chi connectivity index (χ0n) is 22.6. The Morgan fingerprint density at radius 1 is 1.16 bits per heavy atom. The molecule has 0 bridgehead atoms. The molecule has 0 aromatic heterocycles. The average Bonchev–Trinajstić information content (AvgIpc) is 3.27. The van der Waals surface area contributed by atoms with Crippen molar-refractivity contribution in [3.8, 4) is 0 Å². The molecule has 9 heteroatoms. The van der Waals surface area contributed by atoms with Crippen molar-refractivity contribution >= 4 is 23.6 Å². The molecule has 0 aliphatic carbocycles. The molecule has 1 saturated heterocycles. The molecule has 1 amide bonds. The number of nitrogens with zero attached hydrogens (tertiary/aromatic N) is 2. The highest BCUT2D eigenvalue weighted by Crippen LogP contribution is 2.39. The summed E-state index contributed by atoms with van der Waals surface area (Å²) >= 11 is 0. The molecule has 0 radical (unpaired) electrons.